The van der Waals surface area contributed by atoms with Gasteiger partial charge in [0.2, 0.25) is 0 Å². The predicted molar refractivity (Wildman–Crippen MR) is 77.6 cm³/mol. The zero-order valence-corrected chi connectivity index (χ0v) is 12.0. The van der Waals surface area contributed by atoms with E-state index in [1.54, 1.807) is 0 Å². The quantitative estimate of drug-likeness (QED) is 0.760. The molecule has 2 rings (SSSR count). The summed E-state index contributed by atoms with van der Waals surface area (Å²) in [7, 11) is 0. The highest BCUT2D eigenvalue weighted by atomic mass is 16.5. The number of benzene rings is 1. The van der Waals surface area contributed by atoms with Crippen LogP contribution in [0.15, 0.2) is 24.3 Å². The molecule has 0 N–H and O–H groups in total. The van der Waals surface area contributed by atoms with Gasteiger partial charge >= 0.3 is 0 Å². The smallest absolute Gasteiger partial charge is 0.173 e. The molecule has 19 heavy (non-hydrogen) atoms. The average molecular weight is 260 g/mol. The highest BCUT2D eigenvalue weighted by molar-refractivity contribution is 5.82. The van der Waals surface area contributed by atoms with E-state index in [1.807, 2.05) is 12.1 Å². The summed E-state index contributed by atoms with van der Waals surface area (Å²) < 4.78 is 5.60. The van der Waals surface area contributed by atoms with E-state index in [4.69, 9.17) is 4.74 Å². The Morgan fingerprint density at radius 3 is 2.47 bits per heavy atom. The van der Waals surface area contributed by atoms with Crippen LogP contribution in [0.1, 0.15) is 57.4 Å². The summed E-state index contributed by atoms with van der Waals surface area (Å²) in [5, 5.41) is 0. The maximum atomic E-state index is 11.9. The third-order valence-electron chi connectivity index (χ3n) is 4.25. The molecule has 0 heterocycles. The van der Waals surface area contributed by atoms with E-state index in [1.165, 1.54) is 18.4 Å². The van der Waals surface area contributed by atoms with Crippen molar-refractivity contribution in [1.29, 1.82) is 0 Å². The Bertz CT molecular complexity index is 402. The number of hydrogen-bond acceptors (Lipinski definition) is 2. The van der Waals surface area contributed by atoms with Gasteiger partial charge in [-0.3, -0.25) is 4.79 Å². The summed E-state index contributed by atoms with van der Waals surface area (Å²) in [5.41, 5.74) is 1.33. The van der Waals surface area contributed by atoms with Crippen molar-refractivity contribution in [3.63, 3.8) is 0 Å². The van der Waals surface area contributed by atoms with E-state index >= 15 is 0 Å². The molecule has 1 aliphatic rings. The van der Waals surface area contributed by atoms with E-state index in [9.17, 15) is 4.79 Å². The monoisotopic (exact) mass is 260 g/mol. The van der Waals surface area contributed by atoms with Crippen molar-refractivity contribution < 1.29 is 9.53 Å². The second-order valence-electron chi connectivity index (χ2n) is 5.61. The van der Waals surface area contributed by atoms with E-state index in [-0.39, 0.29) is 18.3 Å². The van der Waals surface area contributed by atoms with Crippen LogP contribution >= 0.6 is 0 Å². The number of rotatable bonds is 6. The van der Waals surface area contributed by atoms with Crippen LogP contribution in [0.2, 0.25) is 0 Å². The maximum absolute atomic E-state index is 11.9. The topological polar surface area (TPSA) is 26.3 Å². The summed E-state index contributed by atoms with van der Waals surface area (Å²) in [4.78, 5) is 11.9. The van der Waals surface area contributed by atoms with E-state index in [0.717, 1.165) is 25.0 Å². The third-order valence-corrected chi connectivity index (χ3v) is 4.25. The molecular weight excluding hydrogens is 236 g/mol. The molecule has 0 spiro atoms. The van der Waals surface area contributed by atoms with Crippen LogP contribution in [-0.2, 0) is 4.79 Å². The summed E-state index contributed by atoms with van der Waals surface area (Å²) in [6.07, 6.45) is 5.63. The minimum atomic E-state index is 0.230. The first-order chi connectivity index (χ1) is 9.20. The van der Waals surface area contributed by atoms with Crippen LogP contribution in [0.4, 0.5) is 0 Å². The second kappa shape index (κ2) is 6.74. The van der Waals surface area contributed by atoms with Crippen molar-refractivity contribution in [3.8, 4) is 5.75 Å². The SMILES string of the molecule is CCC(C)c1ccc(OCC(=O)C2CCCC2)cc1. The van der Waals surface area contributed by atoms with Crippen molar-refractivity contribution in [1.82, 2.24) is 0 Å². The van der Waals surface area contributed by atoms with Crippen molar-refractivity contribution in [2.24, 2.45) is 5.92 Å². The maximum Gasteiger partial charge on any atom is 0.173 e. The Kier molecular flexibility index (Phi) is 5.00. The first-order valence-electron chi connectivity index (χ1n) is 7.46. The number of ketones is 1. The summed E-state index contributed by atoms with van der Waals surface area (Å²) in [6.45, 7) is 4.64. The number of carbonyl (C=O) groups is 1. The number of hydrogen-bond donors (Lipinski definition) is 0. The van der Waals surface area contributed by atoms with Gasteiger partial charge in [-0.15, -0.1) is 0 Å². The third kappa shape index (κ3) is 3.82. The molecule has 0 bridgehead atoms. The highest BCUT2D eigenvalue weighted by Gasteiger charge is 2.22. The second-order valence-corrected chi connectivity index (χ2v) is 5.61. The van der Waals surface area contributed by atoms with Gasteiger partial charge in [-0.05, 0) is 42.9 Å². The molecule has 2 heteroatoms. The Morgan fingerprint density at radius 1 is 1.26 bits per heavy atom. The van der Waals surface area contributed by atoms with Crippen molar-refractivity contribution in [2.75, 3.05) is 6.61 Å². The fraction of sp³-hybridized carbons (Fsp3) is 0.588. The molecule has 0 aliphatic heterocycles. The molecule has 1 fully saturated rings. The van der Waals surface area contributed by atoms with E-state index < -0.39 is 0 Å². The molecule has 1 aliphatic carbocycles. The first-order valence-corrected chi connectivity index (χ1v) is 7.46. The van der Waals surface area contributed by atoms with Gasteiger partial charge in [0.15, 0.2) is 5.78 Å². The molecule has 1 unspecified atom stereocenters. The molecule has 1 atom stereocenters. The fourth-order valence-corrected chi connectivity index (χ4v) is 2.65. The fourth-order valence-electron chi connectivity index (χ4n) is 2.65. The van der Waals surface area contributed by atoms with Crippen LogP contribution in [0.25, 0.3) is 0 Å². The molecule has 0 radical (unpaired) electrons. The van der Waals surface area contributed by atoms with Gasteiger partial charge in [-0.25, -0.2) is 0 Å². The van der Waals surface area contributed by atoms with Gasteiger partial charge in [0, 0.05) is 5.92 Å². The molecule has 104 valence electrons. The first kappa shape index (κ1) is 14.1. The molecular formula is C17H24O2. The lowest BCUT2D eigenvalue weighted by Gasteiger charge is -2.12. The minimum absolute atomic E-state index is 0.230. The van der Waals surface area contributed by atoms with E-state index in [2.05, 4.69) is 26.0 Å². The minimum Gasteiger partial charge on any atom is -0.486 e. The number of carbonyl (C=O) groups excluding carboxylic acids is 1. The molecule has 2 nitrogen and oxygen atoms in total. The lowest BCUT2D eigenvalue weighted by molar-refractivity contribution is -0.124. The zero-order chi connectivity index (χ0) is 13.7. The molecule has 1 aromatic carbocycles. The lowest BCUT2D eigenvalue weighted by atomic mass is 9.99. The van der Waals surface area contributed by atoms with Crippen LogP contribution in [-0.4, -0.2) is 12.4 Å². The standard InChI is InChI=1S/C17H24O2/c1-3-13(2)14-8-10-16(11-9-14)19-12-17(18)15-6-4-5-7-15/h8-11,13,15H,3-7,12H2,1-2H3. The summed E-state index contributed by atoms with van der Waals surface area (Å²) >= 11 is 0. The van der Waals surface area contributed by atoms with Crippen molar-refractivity contribution >= 4 is 5.78 Å². The Labute approximate surface area is 116 Å². The summed E-state index contributed by atoms with van der Waals surface area (Å²) in [5.74, 6) is 1.90. The largest absolute Gasteiger partial charge is 0.486 e. The van der Waals surface area contributed by atoms with Gasteiger partial charge in [-0.2, -0.15) is 0 Å². The van der Waals surface area contributed by atoms with Gasteiger partial charge in [0.25, 0.3) is 0 Å². The van der Waals surface area contributed by atoms with Crippen molar-refractivity contribution in [2.45, 2.75) is 51.9 Å². The zero-order valence-electron chi connectivity index (χ0n) is 12.0. The number of Topliss-reactive ketones (excluding diaryl/α,β-unsaturated/α-hetero) is 1. The molecule has 0 aromatic heterocycles. The van der Waals surface area contributed by atoms with Crippen LogP contribution in [0.3, 0.4) is 0 Å². The normalized spacial score (nSPS) is 17.4. The van der Waals surface area contributed by atoms with Gasteiger partial charge < -0.3 is 4.74 Å². The Morgan fingerprint density at radius 2 is 1.89 bits per heavy atom. The molecule has 0 amide bonds. The Hall–Kier alpha value is -1.31. The highest BCUT2D eigenvalue weighted by Crippen LogP contribution is 2.26. The van der Waals surface area contributed by atoms with Crippen LogP contribution in [0, 0.1) is 5.92 Å². The number of ether oxygens (including phenoxy) is 1. The lowest BCUT2D eigenvalue weighted by Crippen LogP contribution is -2.19. The van der Waals surface area contributed by atoms with Crippen LogP contribution < -0.4 is 4.74 Å². The van der Waals surface area contributed by atoms with Gasteiger partial charge in [-0.1, -0.05) is 38.8 Å². The summed E-state index contributed by atoms with van der Waals surface area (Å²) in [6, 6.07) is 8.15. The Balaban J connectivity index is 1.84. The van der Waals surface area contributed by atoms with Gasteiger partial charge in [0.05, 0.1) is 0 Å². The molecule has 1 saturated carbocycles. The van der Waals surface area contributed by atoms with E-state index in [0.29, 0.717) is 5.92 Å². The van der Waals surface area contributed by atoms with Crippen LogP contribution in [0.5, 0.6) is 5.75 Å². The molecule has 1 aromatic rings. The molecule has 0 saturated heterocycles. The van der Waals surface area contributed by atoms with Gasteiger partial charge in [0.1, 0.15) is 12.4 Å². The average Bonchev–Trinajstić information content (AvgIpc) is 2.98. The van der Waals surface area contributed by atoms with Crippen molar-refractivity contribution in [3.05, 3.63) is 29.8 Å². The predicted octanol–water partition coefficient (Wildman–Crippen LogP) is 4.34.